The summed E-state index contributed by atoms with van der Waals surface area (Å²) in [6, 6.07) is 2.05. The van der Waals surface area contributed by atoms with Gasteiger partial charge < -0.3 is 0 Å². The smallest absolute Gasteiger partial charge is 0.147 e. The lowest BCUT2D eigenvalue weighted by molar-refractivity contribution is -0.116. The molecule has 88 valence electrons. The monoisotopic (exact) mass is 254 g/mol. The summed E-state index contributed by atoms with van der Waals surface area (Å²) >= 11 is 3.55. The Balaban J connectivity index is 1.67. The van der Waals surface area contributed by atoms with E-state index >= 15 is 0 Å². The van der Waals surface area contributed by atoms with E-state index in [9.17, 15) is 4.79 Å². The van der Waals surface area contributed by atoms with E-state index in [0.29, 0.717) is 18.0 Å². The van der Waals surface area contributed by atoms with E-state index in [1.54, 1.807) is 11.3 Å². The van der Waals surface area contributed by atoms with Crippen molar-refractivity contribution in [2.45, 2.75) is 43.8 Å². The van der Waals surface area contributed by atoms with Crippen LogP contribution in [0.2, 0.25) is 0 Å². The van der Waals surface area contributed by atoms with Crippen LogP contribution in [0.15, 0.2) is 16.8 Å². The predicted molar refractivity (Wildman–Crippen MR) is 72.4 cm³/mol. The van der Waals surface area contributed by atoms with E-state index in [4.69, 9.17) is 0 Å². The van der Waals surface area contributed by atoms with Crippen molar-refractivity contribution in [3.05, 3.63) is 22.4 Å². The molecule has 0 aliphatic heterocycles. The molecule has 1 saturated carbocycles. The van der Waals surface area contributed by atoms with Gasteiger partial charge in [0.2, 0.25) is 0 Å². The molecule has 0 amide bonds. The third kappa shape index (κ3) is 3.95. The topological polar surface area (TPSA) is 17.1 Å². The lowest BCUT2D eigenvalue weighted by Crippen LogP contribution is -2.13. The first-order valence-electron chi connectivity index (χ1n) is 5.99. The standard InChI is InChI=1S/C13H18OS2/c14-12(8-11-6-7-15-9-11)10-16-13-4-2-1-3-5-13/h6-7,9,13H,1-5,8,10H2. The van der Waals surface area contributed by atoms with Gasteiger partial charge in [-0.25, -0.2) is 0 Å². The summed E-state index contributed by atoms with van der Waals surface area (Å²) in [5.41, 5.74) is 1.18. The van der Waals surface area contributed by atoms with Gasteiger partial charge in [0.05, 0.1) is 5.75 Å². The molecule has 1 heterocycles. The molecule has 0 radical (unpaired) electrons. The van der Waals surface area contributed by atoms with Gasteiger partial charge in [-0.15, -0.1) is 0 Å². The molecule has 1 nitrogen and oxygen atoms in total. The van der Waals surface area contributed by atoms with Crippen LogP contribution in [-0.4, -0.2) is 16.8 Å². The highest BCUT2D eigenvalue weighted by Gasteiger charge is 2.15. The zero-order chi connectivity index (χ0) is 11.2. The molecule has 0 unspecified atom stereocenters. The highest BCUT2D eigenvalue weighted by Crippen LogP contribution is 2.28. The Morgan fingerprint density at radius 3 is 2.88 bits per heavy atom. The van der Waals surface area contributed by atoms with Crippen molar-refractivity contribution >= 4 is 28.9 Å². The van der Waals surface area contributed by atoms with Crippen LogP contribution < -0.4 is 0 Å². The minimum Gasteiger partial charge on any atom is -0.298 e. The summed E-state index contributed by atoms with van der Waals surface area (Å²) in [7, 11) is 0. The maximum absolute atomic E-state index is 11.7. The summed E-state index contributed by atoms with van der Waals surface area (Å²) in [4.78, 5) is 11.7. The molecule has 1 aromatic rings. The molecule has 0 spiro atoms. The van der Waals surface area contributed by atoms with Crippen molar-refractivity contribution in [2.75, 3.05) is 5.75 Å². The van der Waals surface area contributed by atoms with E-state index in [0.717, 1.165) is 5.25 Å². The number of thiophene rings is 1. The number of Topliss-reactive ketones (excluding diaryl/α,β-unsaturated/α-hetero) is 1. The van der Waals surface area contributed by atoms with E-state index in [-0.39, 0.29) is 0 Å². The van der Waals surface area contributed by atoms with Crippen molar-refractivity contribution in [1.82, 2.24) is 0 Å². The molecule has 1 aliphatic rings. The maximum Gasteiger partial charge on any atom is 0.147 e. The predicted octanol–water partition coefficient (Wildman–Crippen LogP) is 3.93. The van der Waals surface area contributed by atoms with Crippen molar-refractivity contribution in [3.63, 3.8) is 0 Å². The van der Waals surface area contributed by atoms with Gasteiger partial charge >= 0.3 is 0 Å². The molecular formula is C13H18OS2. The van der Waals surface area contributed by atoms with E-state index in [2.05, 4.69) is 5.38 Å². The van der Waals surface area contributed by atoms with Crippen molar-refractivity contribution in [3.8, 4) is 0 Å². The number of hydrogen-bond acceptors (Lipinski definition) is 3. The fourth-order valence-electron chi connectivity index (χ4n) is 2.11. The highest BCUT2D eigenvalue weighted by atomic mass is 32.2. The van der Waals surface area contributed by atoms with Crippen LogP contribution in [0.1, 0.15) is 37.7 Å². The molecular weight excluding hydrogens is 236 g/mol. The second-order valence-corrected chi connectivity index (χ2v) is 6.49. The largest absolute Gasteiger partial charge is 0.298 e. The lowest BCUT2D eigenvalue weighted by atomic mass is 10.0. The van der Waals surface area contributed by atoms with Crippen LogP contribution in [0, 0.1) is 0 Å². The van der Waals surface area contributed by atoms with Gasteiger partial charge in [0.15, 0.2) is 0 Å². The highest BCUT2D eigenvalue weighted by molar-refractivity contribution is 8.00. The fourth-order valence-corrected chi connectivity index (χ4v) is 3.97. The third-order valence-corrected chi connectivity index (χ3v) is 5.18. The van der Waals surface area contributed by atoms with Gasteiger partial charge in [-0.2, -0.15) is 23.1 Å². The number of rotatable bonds is 5. The van der Waals surface area contributed by atoms with Crippen molar-refractivity contribution in [2.24, 2.45) is 0 Å². The average Bonchev–Trinajstić information content (AvgIpc) is 2.81. The minimum absolute atomic E-state index is 0.383. The first kappa shape index (κ1) is 12.2. The van der Waals surface area contributed by atoms with E-state index in [1.807, 2.05) is 23.2 Å². The SMILES string of the molecule is O=C(CSC1CCCCC1)Cc1ccsc1. The zero-order valence-corrected chi connectivity index (χ0v) is 11.1. The Bertz CT molecular complexity index is 313. The molecule has 0 N–H and O–H groups in total. The Labute approximate surface area is 106 Å². The summed E-state index contributed by atoms with van der Waals surface area (Å²) in [5.74, 6) is 1.09. The maximum atomic E-state index is 11.7. The number of hydrogen-bond donors (Lipinski definition) is 0. The van der Waals surface area contributed by atoms with Crippen LogP contribution in [0.5, 0.6) is 0 Å². The van der Waals surface area contributed by atoms with Gasteiger partial charge in [-0.3, -0.25) is 4.79 Å². The van der Waals surface area contributed by atoms with Crippen LogP contribution in [0.3, 0.4) is 0 Å². The molecule has 1 aliphatic carbocycles. The van der Waals surface area contributed by atoms with Crippen LogP contribution in [0.4, 0.5) is 0 Å². The summed E-state index contributed by atoms with van der Waals surface area (Å²) in [6.45, 7) is 0. The summed E-state index contributed by atoms with van der Waals surface area (Å²) < 4.78 is 0. The first-order chi connectivity index (χ1) is 7.84. The Morgan fingerprint density at radius 2 is 2.19 bits per heavy atom. The molecule has 3 heteroatoms. The van der Waals surface area contributed by atoms with Crippen LogP contribution in [0.25, 0.3) is 0 Å². The van der Waals surface area contributed by atoms with Crippen molar-refractivity contribution < 1.29 is 4.79 Å². The van der Waals surface area contributed by atoms with Crippen molar-refractivity contribution in [1.29, 1.82) is 0 Å². The van der Waals surface area contributed by atoms with Crippen LogP contribution >= 0.6 is 23.1 Å². The van der Waals surface area contributed by atoms with Gasteiger partial charge in [0, 0.05) is 11.7 Å². The Morgan fingerprint density at radius 1 is 1.38 bits per heavy atom. The molecule has 16 heavy (non-hydrogen) atoms. The molecule has 1 aromatic heterocycles. The number of carbonyl (C=O) groups excluding carboxylic acids is 1. The first-order valence-corrected chi connectivity index (χ1v) is 7.98. The quantitative estimate of drug-likeness (QED) is 0.792. The molecule has 2 rings (SSSR count). The summed E-state index contributed by atoms with van der Waals surface area (Å²) in [5, 5.41) is 4.86. The van der Waals surface area contributed by atoms with Gasteiger partial charge in [0.25, 0.3) is 0 Å². The Hall–Kier alpha value is -0.280. The second kappa shape index (κ2) is 6.45. The molecule has 0 bridgehead atoms. The van der Waals surface area contributed by atoms with Gasteiger partial charge in [-0.05, 0) is 35.2 Å². The molecule has 1 fully saturated rings. The normalized spacial score (nSPS) is 17.5. The zero-order valence-electron chi connectivity index (χ0n) is 9.48. The number of carbonyl (C=O) groups is 1. The average molecular weight is 254 g/mol. The molecule has 0 aromatic carbocycles. The minimum atomic E-state index is 0.383. The number of thioether (sulfide) groups is 1. The Kier molecular flexibility index (Phi) is 4.91. The van der Waals surface area contributed by atoms with Gasteiger partial charge in [0.1, 0.15) is 5.78 Å². The summed E-state index contributed by atoms with van der Waals surface area (Å²) in [6.07, 6.45) is 7.36. The second-order valence-electron chi connectivity index (χ2n) is 4.42. The lowest BCUT2D eigenvalue weighted by Gasteiger charge is -2.20. The number of ketones is 1. The fraction of sp³-hybridized carbons (Fsp3) is 0.615. The van der Waals surface area contributed by atoms with Gasteiger partial charge in [-0.1, -0.05) is 19.3 Å². The third-order valence-electron chi connectivity index (χ3n) is 3.01. The van der Waals surface area contributed by atoms with E-state index in [1.165, 1.54) is 37.7 Å². The molecule has 0 atom stereocenters. The van der Waals surface area contributed by atoms with Crippen LogP contribution in [-0.2, 0) is 11.2 Å². The molecule has 0 saturated heterocycles. The van der Waals surface area contributed by atoms with E-state index < -0.39 is 0 Å².